The maximum Gasteiger partial charge on any atom is 0.240 e. The lowest BCUT2D eigenvalue weighted by Gasteiger charge is -2.18. The molecule has 0 aliphatic heterocycles. The van der Waals surface area contributed by atoms with Gasteiger partial charge in [0.05, 0.1) is 0 Å². The molecule has 1 heterocycles. The van der Waals surface area contributed by atoms with Crippen molar-refractivity contribution in [3.63, 3.8) is 0 Å². The van der Waals surface area contributed by atoms with Gasteiger partial charge >= 0.3 is 0 Å². The molecule has 0 saturated heterocycles. The van der Waals surface area contributed by atoms with Crippen LogP contribution in [-0.2, 0) is 11.3 Å². The molecule has 0 unspecified atom stereocenters. The highest BCUT2D eigenvalue weighted by atomic mass is 16.3. The fraction of sp³-hybridized carbons (Fsp3) is 0.412. The molecule has 0 radical (unpaired) electrons. The van der Waals surface area contributed by atoms with E-state index in [0.29, 0.717) is 11.7 Å². The van der Waals surface area contributed by atoms with Crippen LogP contribution in [-0.4, -0.2) is 26.6 Å². The normalized spacial score (nSPS) is 13.9. The highest BCUT2D eigenvalue weighted by Crippen LogP contribution is 2.20. The molecule has 2 rings (SSSR count). The van der Waals surface area contributed by atoms with Gasteiger partial charge < -0.3 is 15.0 Å². The fourth-order valence-electron chi connectivity index (χ4n) is 2.11. The summed E-state index contributed by atoms with van der Waals surface area (Å²) >= 11 is 0. The summed E-state index contributed by atoms with van der Waals surface area (Å²) in [4.78, 5) is 16.3. The number of nitrogens with one attached hydrogen (secondary N) is 1. The van der Waals surface area contributed by atoms with Crippen LogP contribution in [0.25, 0.3) is 0 Å². The molecule has 0 fully saturated rings. The van der Waals surface area contributed by atoms with Gasteiger partial charge in [0.2, 0.25) is 5.91 Å². The molecule has 1 amide bonds. The summed E-state index contributed by atoms with van der Waals surface area (Å²) in [6, 6.07) is 9.41. The second-order valence-electron chi connectivity index (χ2n) is 5.83. The van der Waals surface area contributed by atoms with E-state index in [-0.39, 0.29) is 18.5 Å². The molecule has 5 heteroatoms. The molecule has 1 aromatic heterocycles. The van der Waals surface area contributed by atoms with Crippen LogP contribution in [0.5, 0.6) is 0 Å². The third-order valence-corrected chi connectivity index (χ3v) is 3.81. The number of aliphatic hydroxyl groups excluding tert-OH is 1. The molecule has 2 N–H and O–H groups in total. The Bertz CT molecular complexity index is 607. The molecule has 0 saturated carbocycles. The third-order valence-electron chi connectivity index (χ3n) is 3.81. The molecule has 5 nitrogen and oxygen atoms in total. The molecule has 0 aliphatic carbocycles. The lowest BCUT2D eigenvalue weighted by atomic mass is 10.1. The number of carbonyl (C=O) groups excluding carboxylic acids is 1. The molecule has 2 atom stereocenters. The van der Waals surface area contributed by atoms with Crippen LogP contribution < -0.4 is 5.32 Å². The molecular formula is C17H23N3O2. The second-order valence-corrected chi connectivity index (χ2v) is 5.83. The van der Waals surface area contributed by atoms with Gasteiger partial charge in [-0.2, -0.15) is 0 Å². The monoisotopic (exact) mass is 301 g/mol. The molecule has 0 aliphatic rings. The zero-order valence-corrected chi connectivity index (χ0v) is 13.2. The minimum Gasteiger partial charge on any atom is -0.380 e. The number of amides is 1. The summed E-state index contributed by atoms with van der Waals surface area (Å²) in [5.74, 6) is 0.764. The topological polar surface area (TPSA) is 67.2 Å². The summed E-state index contributed by atoms with van der Waals surface area (Å²) in [5.41, 5.74) is 0.755. The molecule has 0 spiro atoms. The van der Waals surface area contributed by atoms with Crippen LogP contribution in [0.3, 0.4) is 0 Å². The Balaban J connectivity index is 2.08. The van der Waals surface area contributed by atoms with Crippen molar-refractivity contribution in [2.24, 2.45) is 5.92 Å². The van der Waals surface area contributed by atoms with Gasteiger partial charge in [-0.3, -0.25) is 4.79 Å². The standard InChI is InChI=1S/C17H23N3O2/c1-12(2)13(3)19-15(21)11-20-10-9-18-17(20)16(22)14-7-5-4-6-8-14/h4-10,12-13,16,22H,11H2,1-3H3,(H,19,21)/t13-,16+/m0/s1. The summed E-state index contributed by atoms with van der Waals surface area (Å²) < 4.78 is 1.68. The van der Waals surface area contributed by atoms with Crippen LogP contribution >= 0.6 is 0 Å². The third kappa shape index (κ3) is 3.95. The van der Waals surface area contributed by atoms with Gasteiger partial charge in [-0.05, 0) is 18.4 Å². The molecule has 1 aromatic carbocycles. The molecule has 22 heavy (non-hydrogen) atoms. The number of nitrogens with zero attached hydrogens (tertiary/aromatic N) is 2. The zero-order chi connectivity index (χ0) is 16.1. The minimum absolute atomic E-state index is 0.0827. The number of carbonyl (C=O) groups is 1. The van der Waals surface area contributed by atoms with Crippen LogP contribution in [0, 0.1) is 5.92 Å². The fourth-order valence-corrected chi connectivity index (χ4v) is 2.11. The first-order valence-electron chi connectivity index (χ1n) is 7.52. The van der Waals surface area contributed by atoms with E-state index < -0.39 is 6.10 Å². The summed E-state index contributed by atoms with van der Waals surface area (Å²) in [6.07, 6.45) is 2.47. The second kappa shape index (κ2) is 7.22. The lowest BCUT2D eigenvalue weighted by molar-refractivity contribution is -0.122. The van der Waals surface area contributed by atoms with Gasteiger partial charge in [-0.15, -0.1) is 0 Å². The van der Waals surface area contributed by atoms with Gasteiger partial charge in [0.25, 0.3) is 0 Å². The van der Waals surface area contributed by atoms with E-state index in [0.717, 1.165) is 5.56 Å². The minimum atomic E-state index is -0.841. The first-order chi connectivity index (χ1) is 10.5. The van der Waals surface area contributed by atoms with E-state index in [4.69, 9.17) is 0 Å². The number of aromatic nitrogens is 2. The SMILES string of the molecule is CC(C)[C@H](C)NC(=O)Cn1ccnc1[C@H](O)c1ccccc1. The Hall–Kier alpha value is -2.14. The largest absolute Gasteiger partial charge is 0.380 e. The smallest absolute Gasteiger partial charge is 0.240 e. The van der Waals surface area contributed by atoms with E-state index in [1.807, 2.05) is 37.3 Å². The Morgan fingerprint density at radius 2 is 1.95 bits per heavy atom. The van der Waals surface area contributed by atoms with Crippen molar-refractivity contribution in [1.29, 1.82) is 0 Å². The molecular weight excluding hydrogens is 278 g/mol. The van der Waals surface area contributed by atoms with Crippen LogP contribution in [0.1, 0.15) is 38.3 Å². The quantitative estimate of drug-likeness (QED) is 0.859. The van der Waals surface area contributed by atoms with E-state index in [9.17, 15) is 9.90 Å². The van der Waals surface area contributed by atoms with E-state index in [1.54, 1.807) is 17.0 Å². The van der Waals surface area contributed by atoms with Crippen LogP contribution in [0.15, 0.2) is 42.7 Å². The van der Waals surface area contributed by atoms with Crippen molar-refractivity contribution in [3.8, 4) is 0 Å². The Morgan fingerprint density at radius 1 is 1.27 bits per heavy atom. The van der Waals surface area contributed by atoms with Crippen molar-refractivity contribution in [1.82, 2.24) is 14.9 Å². The Labute approximate surface area is 131 Å². The van der Waals surface area contributed by atoms with Gasteiger partial charge in [-0.1, -0.05) is 44.2 Å². The highest BCUT2D eigenvalue weighted by molar-refractivity contribution is 5.76. The van der Waals surface area contributed by atoms with E-state index in [1.165, 1.54) is 0 Å². The van der Waals surface area contributed by atoms with E-state index in [2.05, 4.69) is 24.1 Å². The molecule has 2 aromatic rings. The van der Waals surface area contributed by atoms with Gasteiger partial charge in [0.15, 0.2) is 0 Å². The number of benzene rings is 1. The van der Waals surface area contributed by atoms with Crippen molar-refractivity contribution < 1.29 is 9.90 Å². The number of hydrogen-bond acceptors (Lipinski definition) is 3. The average molecular weight is 301 g/mol. The molecule has 118 valence electrons. The Morgan fingerprint density at radius 3 is 2.59 bits per heavy atom. The zero-order valence-electron chi connectivity index (χ0n) is 13.2. The van der Waals surface area contributed by atoms with Crippen LogP contribution in [0.4, 0.5) is 0 Å². The predicted molar refractivity (Wildman–Crippen MR) is 85.2 cm³/mol. The maximum atomic E-state index is 12.1. The van der Waals surface area contributed by atoms with Gasteiger partial charge in [0, 0.05) is 18.4 Å². The van der Waals surface area contributed by atoms with Crippen molar-refractivity contribution in [2.75, 3.05) is 0 Å². The Kier molecular flexibility index (Phi) is 5.33. The number of imidazole rings is 1. The first-order valence-corrected chi connectivity index (χ1v) is 7.52. The lowest BCUT2D eigenvalue weighted by Crippen LogP contribution is -2.38. The van der Waals surface area contributed by atoms with E-state index >= 15 is 0 Å². The summed E-state index contributed by atoms with van der Waals surface area (Å²) in [7, 11) is 0. The van der Waals surface area contributed by atoms with Crippen molar-refractivity contribution >= 4 is 5.91 Å². The summed E-state index contributed by atoms with van der Waals surface area (Å²) in [6.45, 7) is 6.26. The average Bonchev–Trinajstić information content (AvgIpc) is 2.95. The number of rotatable bonds is 6. The van der Waals surface area contributed by atoms with Crippen LogP contribution in [0.2, 0.25) is 0 Å². The predicted octanol–water partition coefficient (Wildman–Crippen LogP) is 2.13. The van der Waals surface area contributed by atoms with Crippen molar-refractivity contribution in [2.45, 2.75) is 39.5 Å². The summed E-state index contributed by atoms with van der Waals surface area (Å²) in [5, 5.41) is 13.4. The number of aliphatic hydroxyl groups is 1. The van der Waals surface area contributed by atoms with Gasteiger partial charge in [0.1, 0.15) is 18.5 Å². The van der Waals surface area contributed by atoms with Gasteiger partial charge in [-0.25, -0.2) is 4.98 Å². The highest BCUT2D eigenvalue weighted by Gasteiger charge is 2.18. The molecule has 0 bridgehead atoms. The first kappa shape index (κ1) is 16.2. The number of hydrogen-bond donors (Lipinski definition) is 2. The van der Waals surface area contributed by atoms with Crippen molar-refractivity contribution in [3.05, 3.63) is 54.1 Å². The maximum absolute atomic E-state index is 12.1.